The van der Waals surface area contributed by atoms with Crippen LogP contribution in [0.4, 0.5) is 0 Å². The van der Waals surface area contributed by atoms with Crippen molar-refractivity contribution in [3.63, 3.8) is 0 Å². The molecule has 2 aliphatic rings. The number of methoxy groups -OCH3 is 1. The van der Waals surface area contributed by atoms with Gasteiger partial charge in [0.05, 0.1) is 24.8 Å². The van der Waals surface area contributed by atoms with Gasteiger partial charge in [-0.25, -0.2) is 13.1 Å². The normalized spacial score (nSPS) is 25.5. The summed E-state index contributed by atoms with van der Waals surface area (Å²) in [6, 6.07) is -0.126. The summed E-state index contributed by atoms with van der Waals surface area (Å²) in [6.07, 6.45) is 4.92. The van der Waals surface area contributed by atoms with Gasteiger partial charge in [0.25, 0.3) is 0 Å². The van der Waals surface area contributed by atoms with Gasteiger partial charge in [0.1, 0.15) is 0 Å². The minimum Gasteiger partial charge on any atom is -0.480 e. The summed E-state index contributed by atoms with van der Waals surface area (Å²) in [4.78, 5) is 25.0. The van der Waals surface area contributed by atoms with Crippen molar-refractivity contribution in [3.8, 4) is 0 Å². The number of ether oxygens (including phenoxy) is 1. The fraction of sp³-hybridized carbons (Fsp3) is 0.882. The van der Waals surface area contributed by atoms with E-state index >= 15 is 0 Å². The Labute approximate surface area is 155 Å². The zero-order valence-electron chi connectivity index (χ0n) is 15.6. The van der Waals surface area contributed by atoms with Gasteiger partial charge in [-0.05, 0) is 32.2 Å². The molecule has 2 rings (SSSR count). The Morgan fingerprint density at radius 2 is 1.85 bits per heavy atom. The lowest BCUT2D eigenvalue weighted by molar-refractivity contribution is -0.153. The smallest absolute Gasteiger partial charge is 0.317 e. The van der Waals surface area contributed by atoms with Gasteiger partial charge in [-0.3, -0.25) is 14.5 Å². The van der Waals surface area contributed by atoms with E-state index in [0.29, 0.717) is 32.2 Å². The molecule has 0 radical (unpaired) electrons. The number of nitrogens with one attached hydrogen (secondary N) is 1. The highest BCUT2D eigenvalue weighted by atomic mass is 32.2. The Bertz CT molecular complexity index is 609. The van der Waals surface area contributed by atoms with Gasteiger partial charge >= 0.3 is 11.9 Å². The first-order valence-corrected chi connectivity index (χ1v) is 10.9. The lowest BCUT2D eigenvalue weighted by Gasteiger charge is -2.42. The molecule has 2 saturated carbocycles. The molecule has 0 bridgehead atoms. The summed E-state index contributed by atoms with van der Waals surface area (Å²) < 4.78 is 32.8. The fourth-order valence-corrected chi connectivity index (χ4v) is 6.08. The molecule has 0 aliphatic heterocycles. The minimum atomic E-state index is -3.62. The highest BCUT2D eigenvalue weighted by Crippen LogP contribution is 2.39. The topological polar surface area (TPSA) is 113 Å². The average Bonchev–Trinajstić information content (AvgIpc) is 2.55. The molecule has 2 fully saturated rings. The van der Waals surface area contributed by atoms with Crippen molar-refractivity contribution in [3.05, 3.63) is 0 Å². The van der Waals surface area contributed by atoms with Crippen LogP contribution in [0.5, 0.6) is 0 Å². The van der Waals surface area contributed by atoms with Crippen molar-refractivity contribution in [1.29, 1.82) is 0 Å². The van der Waals surface area contributed by atoms with E-state index in [2.05, 4.69) is 4.72 Å². The maximum absolute atomic E-state index is 12.6. The van der Waals surface area contributed by atoms with Crippen LogP contribution in [-0.2, 0) is 24.3 Å². The summed E-state index contributed by atoms with van der Waals surface area (Å²) >= 11 is 0. The average molecular weight is 391 g/mol. The highest BCUT2D eigenvalue weighted by molar-refractivity contribution is 7.89. The molecule has 0 atom stereocenters. The predicted molar refractivity (Wildman–Crippen MR) is 96.1 cm³/mol. The van der Waals surface area contributed by atoms with E-state index in [0.717, 1.165) is 19.3 Å². The molecule has 0 saturated heterocycles. The van der Waals surface area contributed by atoms with E-state index < -0.39 is 27.4 Å². The van der Waals surface area contributed by atoms with Gasteiger partial charge in [0.15, 0.2) is 0 Å². The van der Waals surface area contributed by atoms with E-state index in [1.54, 1.807) is 0 Å². The third kappa shape index (κ3) is 5.17. The molecule has 0 spiro atoms. The van der Waals surface area contributed by atoms with E-state index in [1.165, 1.54) is 7.11 Å². The van der Waals surface area contributed by atoms with Crippen LogP contribution in [0.3, 0.4) is 0 Å². The molecule has 2 aliphatic carbocycles. The van der Waals surface area contributed by atoms with Crippen molar-refractivity contribution < 1.29 is 27.9 Å². The monoisotopic (exact) mass is 390 g/mol. The number of carbonyl (C=O) groups excluding carboxylic acids is 1. The molecule has 0 unspecified atom stereocenters. The number of carboxylic acid groups (broad SMARTS) is 1. The zero-order valence-corrected chi connectivity index (χ0v) is 16.4. The van der Waals surface area contributed by atoms with Crippen LogP contribution in [0.15, 0.2) is 0 Å². The predicted octanol–water partition coefficient (Wildman–Crippen LogP) is 0.967. The first kappa shape index (κ1) is 21.1. The number of likely N-dealkylation sites (N-methyl/N-ethyl adjacent to an activating group) is 1. The third-order valence-electron chi connectivity index (χ3n) is 5.62. The maximum atomic E-state index is 12.6. The molecule has 0 aromatic heterocycles. The molecule has 0 heterocycles. The second-order valence-electron chi connectivity index (χ2n) is 7.49. The van der Waals surface area contributed by atoms with Crippen LogP contribution in [0.25, 0.3) is 0 Å². The Hall–Kier alpha value is -1.19. The Morgan fingerprint density at radius 1 is 1.23 bits per heavy atom. The molecule has 2 N–H and O–H groups in total. The van der Waals surface area contributed by atoms with Crippen molar-refractivity contribution in [1.82, 2.24) is 9.62 Å². The van der Waals surface area contributed by atoms with Gasteiger partial charge in [0.2, 0.25) is 10.0 Å². The Morgan fingerprint density at radius 3 is 2.35 bits per heavy atom. The molecule has 0 aromatic rings. The lowest BCUT2D eigenvalue weighted by atomic mass is 9.75. The van der Waals surface area contributed by atoms with Crippen molar-refractivity contribution in [2.45, 2.75) is 64.0 Å². The van der Waals surface area contributed by atoms with Crippen LogP contribution in [0.2, 0.25) is 0 Å². The van der Waals surface area contributed by atoms with Crippen LogP contribution in [-0.4, -0.2) is 68.4 Å². The fourth-order valence-electron chi connectivity index (χ4n) is 4.17. The lowest BCUT2D eigenvalue weighted by Crippen LogP contribution is -2.56. The number of hydrogen-bond donors (Lipinski definition) is 2. The standard InChI is InChI=1S/C17H30N2O6S/c1-3-19(11-15(20)21)14-9-13(10-14)18-26(23,24)12-17(16(22)25-2)7-5-4-6-8-17/h13-14,18H,3-12H2,1-2H3,(H,20,21). The van der Waals surface area contributed by atoms with E-state index in [4.69, 9.17) is 9.84 Å². The summed E-state index contributed by atoms with van der Waals surface area (Å²) in [7, 11) is -2.32. The second-order valence-corrected chi connectivity index (χ2v) is 9.24. The quantitative estimate of drug-likeness (QED) is 0.564. The third-order valence-corrected chi connectivity index (χ3v) is 7.24. The largest absolute Gasteiger partial charge is 0.480 e. The second kappa shape index (κ2) is 8.67. The number of carbonyl (C=O) groups is 2. The molecule has 0 aromatic carbocycles. The number of hydrogen-bond acceptors (Lipinski definition) is 6. The Kier molecular flexibility index (Phi) is 7.04. The van der Waals surface area contributed by atoms with Crippen LogP contribution >= 0.6 is 0 Å². The number of sulfonamides is 1. The number of esters is 1. The minimum absolute atomic E-state index is 0.0356. The van der Waals surface area contributed by atoms with E-state index in [9.17, 15) is 18.0 Å². The number of carboxylic acids is 1. The van der Waals surface area contributed by atoms with Gasteiger partial charge in [-0.1, -0.05) is 26.2 Å². The molecule has 0 amide bonds. The number of aliphatic carboxylic acids is 1. The van der Waals surface area contributed by atoms with Crippen molar-refractivity contribution >= 4 is 22.0 Å². The summed E-state index contributed by atoms with van der Waals surface area (Å²) in [5, 5.41) is 8.93. The summed E-state index contributed by atoms with van der Waals surface area (Å²) in [5.41, 5.74) is -0.944. The molecular weight excluding hydrogens is 360 g/mol. The molecule has 9 heteroatoms. The molecule has 8 nitrogen and oxygen atoms in total. The summed E-state index contributed by atoms with van der Waals surface area (Å²) in [5.74, 6) is -1.55. The van der Waals surface area contributed by atoms with Gasteiger partial charge in [-0.15, -0.1) is 0 Å². The first-order valence-electron chi connectivity index (χ1n) is 9.25. The van der Waals surface area contributed by atoms with Crippen LogP contribution in [0.1, 0.15) is 51.9 Å². The van der Waals surface area contributed by atoms with Crippen molar-refractivity contribution in [2.75, 3.05) is 26.0 Å². The van der Waals surface area contributed by atoms with Crippen LogP contribution in [0, 0.1) is 5.41 Å². The SMILES string of the molecule is CCN(CC(=O)O)C1CC(NS(=O)(=O)CC2(C(=O)OC)CCCCC2)C1. The van der Waals surface area contributed by atoms with Gasteiger partial charge < -0.3 is 9.84 Å². The first-order chi connectivity index (χ1) is 12.2. The molecule has 26 heavy (non-hydrogen) atoms. The van der Waals surface area contributed by atoms with Gasteiger partial charge in [-0.2, -0.15) is 0 Å². The van der Waals surface area contributed by atoms with E-state index in [-0.39, 0.29) is 24.4 Å². The molecular formula is C17H30N2O6S. The van der Waals surface area contributed by atoms with Crippen LogP contribution < -0.4 is 4.72 Å². The number of nitrogens with zero attached hydrogens (tertiary/aromatic N) is 1. The van der Waals surface area contributed by atoms with Crippen molar-refractivity contribution in [2.24, 2.45) is 5.41 Å². The summed E-state index contributed by atoms with van der Waals surface area (Å²) in [6.45, 7) is 2.47. The molecule has 150 valence electrons. The highest BCUT2D eigenvalue weighted by Gasteiger charge is 2.45. The zero-order chi connectivity index (χ0) is 19.4. The van der Waals surface area contributed by atoms with E-state index in [1.807, 2.05) is 11.8 Å². The number of rotatable bonds is 9. The Balaban J connectivity index is 1.93. The maximum Gasteiger partial charge on any atom is 0.317 e. The van der Waals surface area contributed by atoms with Gasteiger partial charge in [0, 0.05) is 12.1 Å².